The average molecular weight is 1320 g/mol. The van der Waals surface area contributed by atoms with Crippen LogP contribution in [0.3, 0.4) is 0 Å². The summed E-state index contributed by atoms with van der Waals surface area (Å²) in [5, 5.41) is 35.3. The first kappa shape index (κ1) is 74.2. The molecule has 6 atom stereocenters. The topological polar surface area (TPSA) is 649 Å². The summed E-state index contributed by atoms with van der Waals surface area (Å²) in [6, 6.07) is 12.8. The second kappa shape index (κ2) is 38.3. The Morgan fingerprint density at radius 3 is 1.13 bits per heavy atom. The molecule has 0 spiro atoms. The van der Waals surface area contributed by atoms with Crippen LogP contribution in [-0.2, 0) is 35.3 Å². The molecule has 0 aliphatic carbocycles. The van der Waals surface area contributed by atoms with Crippen LogP contribution in [0.25, 0.3) is 33.2 Å². The standard InChI is InChI=1S/C58H90N30O7/c1-71-47(90)37(11-4-24-72-53(59)60)79-49(92)39(13-6-26-74-55(63)64)81-51(94)41(15-8-28-76-57(67)68)83-52(95)42(16-9-29-77-58(69)70)82-50(93)40(14-7-27-75-56(65)66)80-48(91)38(12-5-25-73-54(61)62)78-46(89)33-20-18-32(19-21-33)31-88-43-17-3-2-10-35(43)36-30-34(22-23-44(36)88)45-84-86-87-85-45/h2-3,10,17-23,30,37-42H,4-9,11-16,24-29,31H2,1H3,(H,71,90)(H,78,89)(H,79,92)(H,80,91)(H,81,94)(H,82,93)(H,83,95)(H4,59,60,72)(H4,61,62,73)(H4,63,64,74)(H4,65,66,75)(H4,67,68,76)(H4,69,70,77)(H,84,85,86,87)/t37-,38-,39-,40-,41-,42-/m0/s1. The number of likely N-dealkylation sites (N-methyl/N-ethyl adjacent to an activating group) is 1. The van der Waals surface area contributed by atoms with E-state index in [1.165, 1.54) is 7.05 Å². The molecule has 2 heterocycles. The zero-order valence-corrected chi connectivity index (χ0v) is 53.0. The maximum atomic E-state index is 14.7. The number of H-pyrrole nitrogens is 1. The number of para-hydroxylation sites is 1. The summed E-state index contributed by atoms with van der Waals surface area (Å²) < 4.78 is 2.16. The SMILES string of the molecule is CNC(=O)[C@H](CCCN=C(N)N)NC(=O)[C@H](CCCN=C(N)N)NC(=O)[C@H](CCCN=C(N)N)NC(=O)[C@H](CCCN=C(N)N)NC(=O)[C@H](CCCN=C(N)N)NC(=O)[C@H](CCCN=C(N)N)NC(=O)c1ccc(Cn2c3ccccc3c3cc(-c4nn[nH]n4)ccc32)cc1. The number of fused-ring (bicyclic) bond motifs is 3. The summed E-state index contributed by atoms with van der Waals surface area (Å²) >= 11 is 0. The number of hydrogen-bond acceptors (Lipinski definition) is 16. The van der Waals surface area contributed by atoms with E-state index in [9.17, 15) is 33.6 Å². The van der Waals surface area contributed by atoms with E-state index in [4.69, 9.17) is 68.8 Å². The van der Waals surface area contributed by atoms with E-state index in [0.717, 1.165) is 32.9 Å². The number of nitrogens with one attached hydrogen (secondary N) is 8. The number of amides is 7. The highest BCUT2D eigenvalue weighted by molar-refractivity contribution is 6.09. The first-order valence-corrected chi connectivity index (χ1v) is 30.6. The second-order valence-corrected chi connectivity index (χ2v) is 21.9. The van der Waals surface area contributed by atoms with Gasteiger partial charge >= 0.3 is 0 Å². The Balaban J connectivity index is 1.41. The van der Waals surface area contributed by atoms with Gasteiger partial charge in [-0.1, -0.05) is 30.3 Å². The van der Waals surface area contributed by atoms with Crippen molar-refractivity contribution in [2.24, 2.45) is 98.8 Å². The van der Waals surface area contributed by atoms with Crippen molar-refractivity contribution < 1.29 is 33.6 Å². The number of guanidine groups is 6. The van der Waals surface area contributed by atoms with Gasteiger partial charge in [-0.3, -0.25) is 63.5 Å². The third-order valence-corrected chi connectivity index (χ3v) is 14.6. The molecule has 0 saturated heterocycles. The van der Waals surface area contributed by atoms with E-state index in [0.29, 0.717) is 12.4 Å². The van der Waals surface area contributed by atoms with Gasteiger partial charge in [0.05, 0.1) is 0 Å². The van der Waals surface area contributed by atoms with Crippen LogP contribution in [0, 0.1) is 0 Å². The third kappa shape index (κ3) is 25.2. The lowest BCUT2D eigenvalue weighted by molar-refractivity contribution is -0.135. The van der Waals surface area contributed by atoms with Gasteiger partial charge in [0.25, 0.3) is 5.91 Å². The van der Waals surface area contributed by atoms with Gasteiger partial charge in [0.2, 0.25) is 41.3 Å². The number of benzene rings is 3. The number of rotatable bonds is 40. The van der Waals surface area contributed by atoms with Crippen molar-refractivity contribution in [2.45, 2.75) is 120 Å². The first-order valence-electron chi connectivity index (χ1n) is 30.6. The highest BCUT2D eigenvalue weighted by Gasteiger charge is 2.34. The van der Waals surface area contributed by atoms with Crippen LogP contribution in [0.2, 0.25) is 0 Å². The van der Waals surface area contributed by atoms with E-state index in [1.54, 1.807) is 12.1 Å². The quantitative estimate of drug-likeness (QED) is 0.00989. The number of aromatic amines is 1. The molecule has 0 aliphatic rings. The summed E-state index contributed by atoms with van der Waals surface area (Å²) in [5.74, 6) is -6.14. The summed E-state index contributed by atoms with van der Waals surface area (Å²) in [7, 11) is 1.38. The Labute approximate surface area is 547 Å². The van der Waals surface area contributed by atoms with Gasteiger partial charge in [-0.05, 0) is 124 Å². The average Bonchev–Trinajstić information content (AvgIpc) is 1.81. The van der Waals surface area contributed by atoms with Crippen LogP contribution in [0.1, 0.15) is 93.0 Å². The van der Waals surface area contributed by atoms with Gasteiger partial charge in [-0.15, -0.1) is 10.2 Å². The van der Waals surface area contributed by atoms with E-state index in [1.807, 2.05) is 54.6 Å². The molecule has 514 valence electrons. The maximum absolute atomic E-state index is 14.7. The minimum atomic E-state index is -1.45. The largest absolute Gasteiger partial charge is 0.370 e. The summed E-state index contributed by atoms with van der Waals surface area (Å²) in [4.78, 5) is 124. The van der Waals surface area contributed by atoms with E-state index in [-0.39, 0.29) is 158 Å². The monoisotopic (exact) mass is 1320 g/mol. The Morgan fingerprint density at radius 1 is 0.432 bits per heavy atom. The molecule has 0 saturated carbocycles. The number of nitrogens with two attached hydrogens (primary N) is 12. The molecule has 37 heteroatoms. The molecule has 2 aromatic heterocycles. The van der Waals surface area contributed by atoms with Gasteiger partial charge < -0.3 is 111 Å². The Hall–Kier alpha value is -11.6. The highest BCUT2D eigenvalue weighted by Crippen LogP contribution is 2.32. The van der Waals surface area contributed by atoms with Crippen molar-refractivity contribution >= 4 is 98.9 Å². The molecule has 7 amide bonds. The summed E-state index contributed by atoms with van der Waals surface area (Å²) in [5.41, 5.74) is 70.7. The maximum Gasteiger partial charge on any atom is 0.251 e. The zero-order valence-electron chi connectivity index (χ0n) is 53.0. The molecule has 5 aromatic rings. The molecule has 0 bridgehead atoms. The van der Waals surface area contributed by atoms with E-state index in [2.05, 4.69) is 92.4 Å². The number of carbonyl (C=O) groups excluding carboxylic acids is 7. The Morgan fingerprint density at radius 2 is 0.779 bits per heavy atom. The lowest BCUT2D eigenvalue weighted by atomic mass is 10.0. The van der Waals surface area contributed by atoms with Gasteiger partial charge in [0.1, 0.15) is 36.3 Å². The fourth-order valence-corrected chi connectivity index (χ4v) is 10.0. The number of aromatic nitrogens is 5. The first-order chi connectivity index (χ1) is 45.4. The fourth-order valence-electron chi connectivity index (χ4n) is 10.0. The number of hydrogen-bond donors (Lipinski definition) is 20. The number of aliphatic imine (C=N–C) groups is 6. The normalized spacial score (nSPS) is 12.8. The van der Waals surface area contributed by atoms with Crippen LogP contribution in [-0.4, -0.2) is 185 Å². The van der Waals surface area contributed by atoms with Crippen molar-refractivity contribution in [2.75, 3.05) is 46.3 Å². The molecule has 95 heavy (non-hydrogen) atoms. The third-order valence-electron chi connectivity index (χ3n) is 14.6. The Kier molecular flexibility index (Phi) is 29.9. The predicted octanol–water partition coefficient (Wildman–Crippen LogP) is -5.39. The van der Waals surface area contributed by atoms with Crippen LogP contribution in [0.5, 0.6) is 0 Å². The van der Waals surface area contributed by atoms with Gasteiger partial charge in [0, 0.05) is 85.8 Å². The molecule has 0 unspecified atom stereocenters. The molecular weight excluding hydrogens is 1230 g/mol. The molecule has 37 nitrogen and oxygen atoms in total. The lowest BCUT2D eigenvalue weighted by Crippen LogP contribution is -2.59. The molecule has 3 aromatic carbocycles. The zero-order chi connectivity index (χ0) is 69.4. The number of carbonyl (C=O) groups is 7. The predicted molar refractivity (Wildman–Crippen MR) is 363 cm³/mol. The van der Waals surface area contributed by atoms with Crippen molar-refractivity contribution in [1.29, 1.82) is 0 Å². The molecule has 0 fully saturated rings. The van der Waals surface area contributed by atoms with E-state index >= 15 is 0 Å². The van der Waals surface area contributed by atoms with E-state index < -0.39 is 77.6 Å². The smallest absolute Gasteiger partial charge is 0.251 e. The van der Waals surface area contributed by atoms with Gasteiger partial charge in [-0.2, -0.15) is 5.21 Å². The molecule has 0 aliphatic heterocycles. The van der Waals surface area contributed by atoms with Crippen LogP contribution >= 0.6 is 0 Å². The lowest BCUT2D eigenvalue weighted by Gasteiger charge is -2.28. The molecule has 32 N–H and O–H groups in total. The Bertz CT molecular complexity index is 3540. The summed E-state index contributed by atoms with van der Waals surface area (Å²) in [6.45, 7) is 0.756. The molecule has 0 radical (unpaired) electrons. The minimum absolute atomic E-state index is 0.00161. The van der Waals surface area contributed by atoms with Crippen LogP contribution in [0.15, 0.2) is 96.7 Å². The van der Waals surface area contributed by atoms with Crippen molar-refractivity contribution in [3.8, 4) is 11.4 Å². The molecule has 5 rings (SSSR count). The van der Waals surface area contributed by atoms with Gasteiger partial charge in [-0.25, -0.2) is 0 Å². The second-order valence-electron chi connectivity index (χ2n) is 21.9. The van der Waals surface area contributed by atoms with Crippen molar-refractivity contribution in [1.82, 2.24) is 62.4 Å². The van der Waals surface area contributed by atoms with Gasteiger partial charge in [0.15, 0.2) is 35.8 Å². The fraction of sp³-hybridized carbons (Fsp3) is 0.448. The number of tetrazole rings is 1. The van der Waals surface area contributed by atoms with Crippen LogP contribution in [0.4, 0.5) is 0 Å². The van der Waals surface area contributed by atoms with Crippen molar-refractivity contribution in [3.05, 3.63) is 77.9 Å². The molecular formula is C58H90N30O7. The minimum Gasteiger partial charge on any atom is -0.370 e. The summed E-state index contributed by atoms with van der Waals surface area (Å²) in [6.07, 6.45) is 0.697. The highest BCUT2D eigenvalue weighted by atomic mass is 16.2. The van der Waals surface area contributed by atoms with Crippen molar-refractivity contribution in [3.63, 3.8) is 0 Å². The van der Waals surface area contributed by atoms with Crippen LogP contribution < -0.4 is 106 Å². The number of nitrogens with zero attached hydrogens (tertiary/aromatic N) is 10.